The van der Waals surface area contributed by atoms with E-state index in [1.807, 2.05) is 17.7 Å². The number of hydrogen-bond donors (Lipinski definition) is 1. The van der Waals surface area contributed by atoms with Gasteiger partial charge in [-0.2, -0.15) is 0 Å². The summed E-state index contributed by atoms with van der Waals surface area (Å²) < 4.78 is 15.8. The van der Waals surface area contributed by atoms with Crippen LogP contribution in [0.3, 0.4) is 0 Å². The highest BCUT2D eigenvalue weighted by Crippen LogP contribution is 2.31. The van der Waals surface area contributed by atoms with Gasteiger partial charge in [0.2, 0.25) is 0 Å². The van der Waals surface area contributed by atoms with E-state index in [0.717, 1.165) is 43.1 Å². The topological polar surface area (TPSA) is 62.6 Å². The lowest BCUT2D eigenvalue weighted by Crippen LogP contribution is -2.36. The summed E-state index contributed by atoms with van der Waals surface area (Å²) >= 11 is 0. The molecule has 1 saturated heterocycles. The molecular formula is C17H21FN6. The summed E-state index contributed by atoms with van der Waals surface area (Å²) in [6.45, 7) is 4.11. The van der Waals surface area contributed by atoms with Crippen LogP contribution >= 0.6 is 0 Å². The van der Waals surface area contributed by atoms with Gasteiger partial charge in [0, 0.05) is 13.0 Å². The number of hydrogen-bond acceptors (Lipinski definition) is 4. The molecule has 6 nitrogen and oxygen atoms in total. The highest BCUT2D eigenvalue weighted by molar-refractivity contribution is 5.75. The molecule has 0 radical (unpaired) electrons. The lowest BCUT2D eigenvalue weighted by molar-refractivity contribution is 0.153. The van der Waals surface area contributed by atoms with Crippen LogP contribution in [0.25, 0.3) is 11.0 Å². The first-order chi connectivity index (χ1) is 11.6. The maximum absolute atomic E-state index is 13.8. The van der Waals surface area contributed by atoms with Crippen LogP contribution in [0.5, 0.6) is 0 Å². The van der Waals surface area contributed by atoms with Gasteiger partial charge >= 0.3 is 0 Å². The number of nitrogens with one attached hydrogen (secondary N) is 1. The van der Waals surface area contributed by atoms with Gasteiger partial charge in [-0.15, -0.1) is 10.2 Å². The van der Waals surface area contributed by atoms with Crippen molar-refractivity contribution in [3.05, 3.63) is 42.0 Å². The summed E-state index contributed by atoms with van der Waals surface area (Å²) in [6, 6.07) is 5.29. The molecule has 0 amide bonds. The number of halogens is 1. The van der Waals surface area contributed by atoms with Crippen molar-refractivity contribution in [3.63, 3.8) is 0 Å². The molecule has 7 heteroatoms. The number of benzene rings is 1. The van der Waals surface area contributed by atoms with E-state index in [4.69, 9.17) is 0 Å². The molecule has 24 heavy (non-hydrogen) atoms. The van der Waals surface area contributed by atoms with E-state index in [2.05, 4.69) is 32.0 Å². The van der Waals surface area contributed by atoms with Crippen LogP contribution in [0.1, 0.15) is 43.4 Å². The van der Waals surface area contributed by atoms with Gasteiger partial charge in [0.05, 0.1) is 11.6 Å². The van der Waals surface area contributed by atoms with E-state index in [-0.39, 0.29) is 11.9 Å². The largest absolute Gasteiger partial charge is 0.342 e. The van der Waals surface area contributed by atoms with Crippen LogP contribution in [0.15, 0.2) is 24.5 Å². The highest BCUT2D eigenvalue weighted by atomic mass is 19.1. The number of H-pyrrole nitrogens is 1. The molecule has 0 bridgehead atoms. The standard InChI is InChI=1S/C17H21FN6/c1-11(17-22-19-10-23(17)2)24-8-6-12(7-9-24)16-20-14-5-3-4-13(18)15(14)21-16/h3-5,10-12H,6-9H2,1-2H3,(H,20,21). The third kappa shape index (κ3) is 2.58. The third-order valence-electron chi connectivity index (χ3n) is 5.07. The van der Waals surface area contributed by atoms with Crippen LogP contribution < -0.4 is 0 Å². The summed E-state index contributed by atoms with van der Waals surface area (Å²) in [5.41, 5.74) is 1.22. The minimum Gasteiger partial charge on any atom is -0.342 e. The molecule has 1 unspecified atom stereocenters. The van der Waals surface area contributed by atoms with Crippen LogP contribution in [0.2, 0.25) is 0 Å². The first kappa shape index (κ1) is 15.3. The zero-order valence-corrected chi connectivity index (χ0v) is 13.9. The van der Waals surface area contributed by atoms with Gasteiger partial charge in [0.15, 0.2) is 5.82 Å². The van der Waals surface area contributed by atoms with Crippen molar-refractivity contribution in [2.45, 2.75) is 31.7 Å². The number of aromatic amines is 1. The maximum Gasteiger partial charge on any atom is 0.151 e. The van der Waals surface area contributed by atoms with Gasteiger partial charge in [0.1, 0.15) is 23.5 Å². The van der Waals surface area contributed by atoms with E-state index >= 15 is 0 Å². The van der Waals surface area contributed by atoms with E-state index < -0.39 is 0 Å². The van der Waals surface area contributed by atoms with Crippen LogP contribution in [0.4, 0.5) is 4.39 Å². The lowest BCUT2D eigenvalue weighted by atomic mass is 9.95. The summed E-state index contributed by atoms with van der Waals surface area (Å²) in [7, 11) is 1.97. The molecular weight excluding hydrogens is 307 g/mol. The van der Waals surface area contributed by atoms with Crippen molar-refractivity contribution < 1.29 is 4.39 Å². The SMILES string of the molecule is CC(c1nncn1C)N1CCC(c2nc3c(F)cccc3[nH]2)CC1. The number of fused-ring (bicyclic) bond motifs is 1. The summed E-state index contributed by atoms with van der Waals surface area (Å²) in [5, 5.41) is 8.19. The Morgan fingerprint density at radius 2 is 2.08 bits per heavy atom. The number of likely N-dealkylation sites (tertiary alicyclic amines) is 1. The van der Waals surface area contributed by atoms with Crippen molar-refractivity contribution in [2.24, 2.45) is 7.05 Å². The average molecular weight is 328 g/mol. The van der Waals surface area contributed by atoms with E-state index in [9.17, 15) is 4.39 Å². The molecule has 0 spiro atoms. The number of aryl methyl sites for hydroxylation is 1. The molecule has 1 fully saturated rings. The fourth-order valence-electron chi connectivity index (χ4n) is 3.60. The molecule has 1 N–H and O–H groups in total. The Morgan fingerprint density at radius 1 is 1.29 bits per heavy atom. The van der Waals surface area contributed by atoms with Gasteiger partial charge in [-0.05, 0) is 45.0 Å². The Labute approximate surface area is 139 Å². The molecule has 0 aliphatic carbocycles. The van der Waals surface area contributed by atoms with Crippen molar-refractivity contribution in [1.82, 2.24) is 29.6 Å². The second-order valence-corrected chi connectivity index (χ2v) is 6.54. The Kier molecular flexibility index (Phi) is 3.80. The number of para-hydroxylation sites is 1. The van der Waals surface area contributed by atoms with Crippen molar-refractivity contribution >= 4 is 11.0 Å². The van der Waals surface area contributed by atoms with E-state index in [0.29, 0.717) is 11.4 Å². The number of rotatable bonds is 3. The minimum absolute atomic E-state index is 0.242. The maximum atomic E-state index is 13.8. The first-order valence-corrected chi connectivity index (χ1v) is 8.35. The Bertz CT molecular complexity index is 846. The van der Waals surface area contributed by atoms with Gasteiger partial charge in [-0.3, -0.25) is 4.90 Å². The summed E-state index contributed by atoms with van der Waals surface area (Å²) in [6.07, 6.45) is 3.74. The molecule has 1 atom stereocenters. The predicted octanol–water partition coefficient (Wildman–Crippen LogP) is 2.77. The normalized spacial score (nSPS) is 18.3. The average Bonchev–Trinajstić information content (AvgIpc) is 3.21. The first-order valence-electron chi connectivity index (χ1n) is 8.35. The molecule has 3 aromatic rings. The smallest absolute Gasteiger partial charge is 0.151 e. The third-order valence-corrected chi connectivity index (χ3v) is 5.07. The number of imidazole rings is 1. The molecule has 1 aromatic carbocycles. The van der Waals surface area contributed by atoms with E-state index in [1.165, 1.54) is 6.07 Å². The van der Waals surface area contributed by atoms with E-state index in [1.54, 1.807) is 12.4 Å². The van der Waals surface area contributed by atoms with Crippen molar-refractivity contribution in [1.29, 1.82) is 0 Å². The second kappa shape index (κ2) is 5.98. The van der Waals surface area contributed by atoms with Gasteiger partial charge in [-0.1, -0.05) is 6.07 Å². The van der Waals surface area contributed by atoms with Crippen LogP contribution in [0, 0.1) is 5.82 Å². The quantitative estimate of drug-likeness (QED) is 0.803. The number of nitrogens with zero attached hydrogens (tertiary/aromatic N) is 5. The number of piperidine rings is 1. The molecule has 126 valence electrons. The molecule has 0 saturated carbocycles. The van der Waals surface area contributed by atoms with Gasteiger partial charge in [-0.25, -0.2) is 9.37 Å². The van der Waals surface area contributed by atoms with Crippen molar-refractivity contribution in [2.75, 3.05) is 13.1 Å². The fraction of sp³-hybridized carbons (Fsp3) is 0.471. The fourth-order valence-corrected chi connectivity index (χ4v) is 3.60. The highest BCUT2D eigenvalue weighted by Gasteiger charge is 2.28. The monoisotopic (exact) mass is 328 g/mol. The Balaban J connectivity index is 1.47. The van der Waals surface area contributed by atoms with Gasteiger partial charge in [0.25, 0.3) is 0 Å². The minimum atomic E-state index is -0.261. The number of aromatic nitrogens is 5. The Hall–Kier alpha value is -2.28. The van der Waals surface area contributed by atoms with Gasteiger partial charge < -0.3 is 9.55 Å². The van der Waals surface area contributed by atoms with Crippen LogP contribution in [-0.2, 0) is 7.05 Å². The molecule has 3 heterocycles. The lowest BCUT2D eigenvalue weighted by Gasteiger charge is -2.34. The summed E-state index contributed by atoms with van der Waals surface area (Å²) in [5.74, 6) is 1.98. The molecule has 4 rings (SSSR count). The molecule has 1 aliphatic rings. The molecule has 2 aromatic heterocycles. The molecule has 1 aliphatic heterocycles. The summed E-state index contributed by atoms with van der Waals surface area (Å²) in [4.78, 5) is 10.2. The zero-order chi connectivity index (χ0) is 16.7. The predicted molar refractivity (Wildman–Crippen MR) is 89.0 cm³/mol. The second-order valence-electron chi connectivity index (χ2n) is 6.54. The zero-order valence-electron chi connectivity index (χ0n) is 13.9. The van der Waals surface area contributed by atoms with Crippen LogP contribution in [-0.4, -0.2) is 42.7 Å². The van der Waals surface area contributed by atoms with Crippen molar-refractivity contribution in [3.8, 4) is 0 Å². The Morgan fingerprint density at radius 3 is 2.75 bits per heavy atom.